The van der Waals surface area contributed by atoms with Gasteiger partial charge < -0.3 is 19.7 Å². The standard InChI is InChI=1S/C18H28N2O3S/c1-22-15-7-8-17(23-2)16(13-15)19-18(21)14-24-12-11-20-9-5-3-4-6-10-20/h7-8,13H,3-6,9-12,14H2,1-2H3,(H,19,21). The van der Waals surface area contributed by atoms with E-state index in [4.69, 9.17) is 9.47 Å². The summed E-state index contributed by atoms with van der Waals surface area (Å²) >= 11 is 1.68. The van der Waals surface area contributed by atoms with Crippen molar-refractivity contribution in [3.63, 3.8) is 0 Å². The van der Waals surface area contributed by atoms with E-state index in [2.05, 4.69) is 10.2 Å². The number of hydrogen-bond donors (Lipinski definition) is 1. The Hall–Kier alpha value is -1.40. The molecule has 0 saturated carbocycles. The third-order valence-corrected chi connectivity index (χ3v) is 5.10. The van der Waals surface area contributed by atoms with Crippen LogP contribution in [0.1, 0.15) is 25.7 Å². The van der Waals surface area contributed by atoms with Gasteiger partial charge in [-0.25, -0.2) is 0 Å². The Kier molecular flexibility index (Phi) is 8.25. The van der Waals surface area contributed by atoms with Crippen molar-refractivity contribution < 1.29 is 14.3 Å². The summed E-state index contributed by atoms with van der Waals surface area (Å²) in [6.45, 7) is 3.47. The number of carbonyl (C=O) groups excluding carboxylic acids is 1. The van der Waals surface area contributed by atoms with Gasteiger partial charge in [0.2, 0.25) is 5.91 Å². The lowest BCUT2D eigenvalue weighted by atomic mass is 10.2. The number of thioether (sulfide) groups is 1. The van der Waals surface area contributed by atoms with Gasteiger partial charge in [0.1, 0.15) is 11.5 Å². The van der Waals surface area contributed by atoms with Crippen LogP contribution >= 0.6 is 11.8 Å². The molecule has 1 heterocycles. The molecule has 0 unspecified atom stereocenters. The molecule has 0 radical (unpaired) electrons. The normalized spacial score (nSPS) is 15.6. The van der Waals surface area contributed by atoms with Gasteiger partial charge >= 0.3 is 0 Å². The fraction of sp³-hybridized carbons (Fsp3) is 0.611. The van der Waals surface area contributed by atoms with Crippen LogP contribution in [0.3, 0.4) is 0 Å². The van der Waals surface area contributed by atoms with Gasteiger partial charge in [-0.3, -0.25) is 4.79 Å². The number of carbonyl (C=O) groups is 1. The number of anilines is 1. The van der Waals surface area contributed by atoms with Crippen molar-refractivity contribution in [3.8, 4) is 11.5 Å². The Morgan fingerprint density at radius 2 is 1.92 bits per heavy atom. The first kappa shape index (κ1) is 18.9. The molecule has 0 bridgehead atoms. The fourth-order valence-corrected chi connectivity index (χ4v) is 3.61. The van der Waals surface area contributed by atoms with E-state index in [0.29, 0.717) is 22.9 Å². The summed E-state index contributed by atoms with van der Waals surface area (Å²) in [5.41, 5.74) is 0.648. The summed E-state index contributed by atoms with van der Waals surface area (Å²) in [4.78, 5) is 14.7. The van der Waals surface area contributed by atoms with Crippen molar-refractivity contribution in [2.24, 2.45) is 0 Å². The average molecular weight is 353 g/mol. The average Bonchev–Trinajstić information content (AvgIpc) is 2.87. The molecule has 1 aromatic carbocycles. The molecule has 1 aromatic rings. The molecule has 5 nitrogen and oxygen atoms in total. The molecular formula is C18H28N2O3S. The molecule has 0 atom stereocenters. The number of methoxy groups -OCH3 is 2. The number of hydrogen-bond acceptors (Lipinski definition) is 5. The van der Waals surface area contributed by atoms with Crippen LogP contribution in [0.25, 0.3) is 0 Å². The zero-order chi connectivity index (χ0) is 17.2. The predicted molar refractivity (Wildman–Crippen MR) is 100 cm³/mol. The molecule has 2 rings (SSSR count). The van der Waals surface area contributed by atoms with Crippen LogP contribution in [0.2, 0.25) is 0 Å². The maximum atomic E-state index is 12.1. The van der Waals surface area contributed by atoms with Gasteiger partial charge in [0.15, 0.2) is 0 Å². The van der Waals surface area contributed by atoms with Crippen LogP contribution in [-0.4, -0.2) is 56.2 Å². The Morgan fingerprint density at radius 3 is 2.58 bits per heavy atom. The van der Waals surface area contributed by atoms with Crippen LogP contribution in [0.4, 0.5) is 5.69 Å². The number of likely N-dealkylation sites (tertiary alicyclic amines) is 1. The van der Waals surface area contributed by atoms with E-state index in [-0.39, 0.29) is 5.91 Å². The van der Waals surface area contributed by atoms with E-state index < -0.39 is 0 Å². The molecule has 24 heavy (non-hydrogen) atoms. The Balaban J connectivity index is 1.73. The number of nitrogens with zero attached hydrogens (tertiary/aromatic N) is 1. The molecular weight excluding hydrogens is 324 g/mol. The first-order valence-corrected chi connectivity index (χ1v) is 9.70. The highest BCUT2D eigenvalue weighted by atomic mass is 32.2. The molecule has 0 aliphatic carbocycles. The van der Waals surface area contributed by atoms with Gasteiger partial charge in [-0.05, 0) is 38.1 Å². The topological polar surface area (TPSA) is 50.8 Å². The summed E-state index contributed by atoms with van der Waals surface area (Å²) in [6.07, 6.45) is 5.32. The van der Waals surface area contributed by atoms with Gasteiger partial charge in [-0.1, -0.05) is 12.8 Å². The summed E-state index contributed by atoms with van der Waals surface area (Å²) < 4.78 is 10.5. The van der Waals surface area contributed by atoms with Crippen molar-refractivity contribution >= 4 is 23.4 Å². The zero-order valence-electron chi connectivity index (χ0n) is 14.7. The van der Waals surface area contributed by atoms with Crippen LogP contribution < -0.4 is 14.8 Å². The lowest BCUT2D eigenvalue weighted by Crippen LogP contribution is -2.27. The van der Waals surface area contributed by atoms with E-state index in [9.17, 15) is 4.79 Å². The maximum absolute atomic E-state index is 12.1. The number of nitrogens with one attached hydrogen (secondary N) is 1. The summed E-state index contributed by atoms with van der Waals surface area (Å²) in [6, 6.07) is 5.38. The van der Waals surface area contributed by atoms with Gasteiger partial charge in [-0.2, -0.15) is 11.8 Å². The quantitative estimate of drug-likeness (QED) is 0.728. The molecule has 6 heteroatoms. The Bertz CT molecular complexity index is 517. The van der Waals surface area contributed by atoms with E-state index in [1.54, 1.807) is 38.1 Å². The maximum Gasteiger partial charge on any atom is 0.234 e. The summed E-state index contributed by atoms with van der Waals surface area (Å²) in [7, 11) is 3.19. The number of benzene rings is 1. The van der Waals surface area contributed by atoms with E-state index in [1.807, 2.05) is 6.07 Å². The van der Waals surface area contributed by atoms with E-state index in [0.717, 1.165) is 12.3 Å². The van der Waals surface area contributed by atoms with Crippen LogP contribution in [0.15, 0.2) is 18.2 Å². The molecule has 134 valence electrons. The van der Waals surface area contributed by atoms with Gasteiger partial charge in [0, 0.05) is 18.4 Å². The van der Waals surface area contributed by atoms with Gasteiger partial charge in [0.25, 0.3) is 0 Å². The van der Waals surface area contributed by atoms with E-state index in [1.165, 1.54) is 38.8 Å². The van der Waals surface area contributed by atoms with Gasteiger partial charge in [0.05, 0.1) is 25.7 Å². The van der Waals surface area contributed by atoms with Crippen LogP contribution in [0.5, 0.6) is 11.5 Å². The van der Waals surface area contributed by atoms with Crippen molar-refractivity contribution in [1.29, 1.82) is 0 Å². The minimum Gasteiger partial charge on any atom is -0.497 e. The highest BCUT2D eigenvalue weighted by Gasteiger charge is 2.11. The first-order valence-electron chi connectivity index (χ1n) is 8.55. The monoisotopic (exact) mass is 352 g/mol. The highest BCUT2D eigenvalue weighted by Crippen LogP contribution is 2.28. The highest BCUT2D eigenvalue weighted by molar-refractivity contribution is 7.99. The predicted octanol–water partition coefficient (Wildman–Crippen LogP) is 3.25. The minimum atomic E-state index is -0.0116. The lowest BCUT2D eigenvalue weighted by Gasteiger charge is -2.19. The summed E-state index contributed by atoms with van der Waals surface area (Å²) in [5, 5.41) is 2.91. The van der Waals surface area contributed by atoms with Crippen LogP contribution in [-0.2, 0) is 4.79 Å². The molecule has 0 aromatic heterocycles. The molecule has 1 N–H and O–H groups in total. The second-order valence-corrected chi connectivity index (χ2v) is 7.03. The zero-order valence-corrected chi connectivity index (χ0v) is 15.5. The second-order valence-electron chi connectivity index (χ2n) is 5.92. The van der Waals surface area contributed by atoms with Crippen molar-refractivity contribution in [1.82, 2.24) is 4.90 Å². The minimum absolute atomic E-state index is 0.0116. The molecule has 0 spiro atoms. The van der Waals surface area contributed by atoms with Crippen molar-refractivity contribution in [3.05, 3.63) is 18.2 Å². The molecule has 1 aliphatic heterocycles. The Labute approximate surface area is 149 Å². The lowest BCUT2D eigenvalue weighted by molar-refractivity contribution is -0.113. The number of ether oxygens (including phenoxy) is 2. The SMILES string of the molecule is COc1ccc(OC)c(NC(=O)CSCCN2CCCCCC2)c1. The smallest absolute Gasteiger partial charge is 0.234 e. The fourth-order valence-electron chi connectivity index (χ4n) is 2.82. The molecule has 1 saturated heterocycles. The third kappa shape index (κ3) is 6.24. The second kappa shape index (κ2) is 10.5. The van der Waals surface area contributed by atoms with Crippen molar-refractivity contribution in [2.75, 3.05) is 50.7 Å². The number of amides is 1. The largest absolute Gasteiger partial charge is 0.497 e. The third-order valence-electron chi connectivity index (χ3n) is 4.16. The molecule has 1 aliphatic rings. The molecule has 1 amide bonds. The number of rotatable bonds is 8. The van der Waals surface area contributed by atoms with Crippen LogP contribution in [0, 0.1) is 0 Å². The van der Waals surface area contributed by atoms with Gasteiger partial charge in [-0.15, -0.1) is 0 Å². The first-order chi connectivity index (χ1) is 11.7. The summed E-state index contributed by atoms with van der Waals surface area (Å²) in [5.74, 6) is 2.76. The Morgan fingerprint density at radius 1 is 1.17 bits per heavy atom. The van der Waals surface area contributed by atoms with E-state index >= 15 is 0 Å². The molecule has 1 fully saturated rings. The van der Waals surface area contributed by atoms with Crippen molar-refractivity contribution in [2.45, 2.75) is 25.7 Å².